The molecule has 0 aromatic carbocycles. The highest BCUT2D eigenvalue weighted by Gasteiger charge is 2.13. The van der Waals surface area contributed by atoms with Crippen LogP contribution in [0.1, 0.15) is 35.7 Å². The first kappa shape index (κ1) is 17.3. The maximum Gasteiger partial charge on any atom is 0.214 e. The fraction of sp³-hybridized carbons (Fsp3) is 0.500. The summed E-state index contributed by atoms with van der Waals surface area (Å²) in [5.74, 6) is 3.29. The number of nitrogens with zero attached hydrogens (tertiary/aromatic N) is 4. The van der Waals surface area contributed by atoms with Crippen LogP contribution in [0.2, 0.25) is 0 Å². The monoisotopic (exact) mass is 342 g/mol. The first-order valence-electron chi connectivity index (χ1n) is 8.73. The molecule has 3 heterocycles. The van der Waals surface area contributed by atoms with Crippen molar-refractivity contribution in [3.63, 3.8) is 0 Å². The lowest BCUT2D eigenvalue weighted by atomic mass is 10.3. The van der Waals surface area contributed by atoms with Gasteiger partial charge in [-0.15, -0.1) is 0 Å². The van der Waals surface area contributed by atoms with Crippen LogP contribution in [0.15, 0.2) is 27.7 Å². The molecule has 0 saturated carbocycles. The summed E-state index contributed by atoms with van der Waals surface area (Å²) in [5.41, 5.74) is 2.04. The predicted molar refractivity (Wildman–Crippen MR) is 98.7 cm³/mol. The van der Waals surface area contributed by atoms with Gasteiger partial charge in [0.1, 0.15) is 11.6 Å². The Bertz CT molecular complexity index is 696. The summed E-state index contributed by atoms with van der Waals surface area (Å²) in [6, 6.07) is 4.21. The molecule has 2 aromatic rings. The summed E-state index contributed by atoms with van der Waals surface area (Å²) in [5, 5.41) is 6.49. The van der Waals surface area contributed by atoms with E-state index in [1.165, 1.54) is 12.8 Å². The second kappa shape index (κ2) is 8.00. The normalized spacial score (nSPS) is 14.8. The Labute approximate surface area is 148 Å². The number of aromatic nitrogens is 2. The van der Waals surface area contributed by atoms with Gasteiger partial charge in [-0.2, -0.15) is 0 Å². The quantitative estimate of drug-likeness (QED) is 0.640. The Morgan fingerprint density at radius 2 is 1.96 bits per heavy atom. The lowest BCUT2D eigenvalue weighted by molar-refractivity contribution is 0.463. The van der Waals surface area contributed by atoms with Crippen LogP contribution >= 0.6 is 0 Å². The lowest BCUT2D eigenvalue weighted by Gasteiger charge is -2.16. The molecule has 1 aliphatic heterocycles. The van der Waals surface area contributed by atoms with Gasteiger partial charge in [0, 0.05) is 32.9 Å². The average molecular weight is 342 g/mol. The highest BCUT2D eigenvalue weighted by molar-refractivity contribution is 5.79. The summed E-state index contributed by atoms with van der Waals surface area (Å²) in [4.78, 5) is 15.5. The molecule has 1 aliphatic rings. The predicted octanol–water partition coefficient (Wildman–Crippen LogP) is 2.15. The number of pyridine rings is 1. The van der Waals surface area contributed by atoms with Crippen LogP contribution in [0.4, 0.5) is 5.82 Å². The van der Waals surface area contributed by atoms with Crippen LogP contribution in [-0.4, -0.2) is 36.1 Å². The molecule has 3 rings (SSSR count). The van der Waals surface area contributed by atoms with E-state index in [2.05, 4.69) is 42.6 Å². The fourth-order valence-corrected chi connectivity index (χ4v) is 2.84. The molecule has 0 aliphatic carbocycles. The molecule has 2 aromatic heterocycles. The average Bonchev–Trinajstić information content (AvgIpc) is 3.26. The van der Waals surface area contributed by atoms with Crippen molar-refractivity contribution in [2.45, 2.75) is 39.8 Å². The van der Waals surface area contributed by atoms with E-state index in [1.54, 1.807) is 7.05 Å². The van der Waals surface area contributed by atoms with E-state index in [9.17, 15) is 0 Å². The molecule has 25 heavy (non-hydrogen) atoms. The van der Waals surface area contributed by atoms with Crippen LogP contribution in [0, 0.1) is 13.8 Å². The SMILES string of the molecule is CN=C(NCc1ccc(N2CCCC2)nc1)NCc1nc(C)c(C)o1. The Morgan fingerprint density at radius 1 is 1.20 bits per heavy atom. The Morgan fingerprint density at radius 3 is 2.56 bits per heavy atom. The van der Waals surface area contributed by atoms with E-state index < -0.39 is 0 Å². The number of oxazole rings is 1. The van der Waals surface area contributed by atoms with E-state index >= 15 is 0 Å². The lowest BCUT2D eigenvalue weighted by Crippen LogP contribution is -2.36. The zero-order valence-corrected chi connectivity index (χ0v) is 15.2. The molecular weight excluding hydrogens is 316 g/mol. The van der Waals surface area contributed by atoms with Crippen molar-refractivity contribution < 1.29 is 4.42 Å². The zero-order valence-electron chi connectivity index (χ0n) is 15.2. The van der Waals surface area contributed by atoms with E-state index in [4.69, 9.17) is 4.42 Å². The minimum absolute atomic E-state index is 0.500. The van der Waals surface area contributed by atoms with Gasteiger partial charge in [0.15, 0.2) is 5.96 Å². The second-order valence-corrected chi connectivity index (χ2v) is 6.25. The smallest absolute Gasteiger partial charge is 0.214 e. The van der Waals surface area contributed by atoms with Gasteiger partial charge in [0.25, 0.3) is 0 Å². The number of rotatable bonds is 5. The Kier molecular flexibility index (Phi) is 5.53. The van der Waals surface area contributed by atoms with Gasteiger partial charge in [0.05, 0.1) is 12.2 Å². The number of hydrogen-bond acceptors (Lipinski definition) is 5. The van der Waals surface area contributed by atoms with Crippen LogP contribution in [0.25, 0.3) is 0 Å². The van der Waals surface area contributed by atoms with Gasteiger partial charge in [-0.25, -0.2) is 9.97 Å². The molecule has 1 fully saturated rings. The standard InChI is InChI=1S/C18H26N6O/c1-13-14(2)25-17(23-13)12-22-18(19-3)21-11-15-6-7-16(20-10-15)24-8-4-5-9-24/h6-7,10H,4-5,8-9,11-12H2,1-3H3,(H2,19,21,22). The molecule has 0 spiro atoms. The van der Waals surface area contributed by atoms with Crippen LogP contribution in [-0.2, 0) is 13.1 Å². The first-order chi connectivity index (χ1) is 12.2. The molecule has 134 valence electrons. The third kappa shape index (κ3) is 4.49. The number of aliphatic imine (C=N–C) groups is 1. The summed E-state index contributed by atoms with van der Waals surface area (Å²) >= 11 is 0. The van der Waals surface area contributed by atoms with Gasteiger partial charge < -0.3 is 20.0 Å². The number of anilines is 1. The van der Waals surface area contributed by atoms with Crippen molar-refractivity contribution in [2.24, 2.45) is 4.99 Å². The highest BCUT2D eigenvalue weighted by atomic mass is 16.4. The van der Waals surface area contributed by atoms with E-state index in [0.717, 1.165) is 35.9 Å². The third-order valence-electron chi connectivity index (χ3n) is 4.40. The number of hydrogen-bond donors (Lipinski definition) is 2. The molecule has 0 atom stereocenters. The Hall–Kier alpha value is -2.57. The summed E-state index contributed by atoms with van der Waals surface area (Å²) < 4.78 is 5.56. The van der Waals surface area contributed by atoms with Crippen molar-refractivity contribution in [3.8, 4) is 0 Å². The first-order valence-corrected chi connectivity index (χ1v) is 8.73. The van der Waals surface area contributed by atoms with E-state index in [0.29, 0.717) is 24.9 Å². The highest BCUT2D eigenvalue weighted by Crippen LogP contribution is 2.17. The zero-order chi connectivity index (χ0) is 17.6. The maximum atomic E-state index is 5.56. The minimum atomic E-state index is 0.500. The van der Waals surface area contributed by atoms with Crippen LogP contribution < -0.4 is 15.5 Å². The summed E-state index contributed by atoms with van der Waals surface area (Å²) in [7, 11) is 1.75. The third-order valence-corrected chi connectivity index (χ3v) is 4.40. The molecule has 0 unspecified atom stereocenters. The summed E-state index contributed by atoms with van der Waals surface area (Å²) in [6.45, 7) is 7.24. The largest absolute Gasteiger partial charge is 0.444 e. The maximum absolute atomic E-state index is 5.56. The number of aryl methyl sites for hydroxylation is 2. The molecule has 7 heteroatoms. The van der Waals surface area contributed by atoms with Crippen molar-refractivity contribution in [1.29, 1.82) is 0 Å². The van der Waals surface area contributed by atoms with Crippen molar-refractivity contribution in [3.05, 3.63) is 41.2 Å². The van der Waals surface area contributed by atoms with Gasteiger partial charge in [0.2, 0.25) is 5.89 Å². The molecule has 7 nitrogen and oxygen atoms in total. The molecule has 0 radical (unpaired) electrons. The topological polar surface area (TPSA) is 78.6 Å². The number of guanidine groups is 1. The minimum Gasteiger partial charge on any atom is -0.444 e. The second-order valence-electron chi connectivity index (χ2n) is 6.25. The van der Waals surface area contributed by atoms with E-state index in [-0.39, 0.29) is 0 Å². The van der Waals surface area contributed by atoms with Crippen LogP contribution in [0.3, 0.4) is 0 Å². The fourth-order valence-electron chi connectivity index (χ4n) is 2.84. The van der Waals surface area contributed by atoms with Crippen molar-refractivity contribution in [2.75, 3.05) is 25.0 Å². The van der Waals surface area contributed by atoms with Gasteiger partial charge in [-0.1, -0.05) is 6.07 Å². The molecule has 2 N–H and O–H groups in total. The van der Waals surface area contributed by atoms with Crippen molar-refractivity contribution in [1.82, 2.24) is 20.6 Å². The molecule has 0 amide bonds. The van der Waals surface area contributed by atoms with Gasteiger partial charge in [-0.3, -0.25) is 4.99 Å². The molecular formula is C18H26N6O. The van der Waals surface area contributed by atoms with E-state index in [1.807, 2.05) is 20.0 Å². The number of nitrogens with one attached hydrogen (secondary N) is 2. The van der Waals surface area contributed by atoms with Crippen molar-refractivity contribution >= 4 is 11.8 Å². The van der Waals surface area contributed by atoms with Crippen LogP contribution in [0.5, 0.6) is 0 Å². The molecule has 1 saturated heterocycles. The molecule has 0 bridgehead atoms. The summed E-state index contributed by atoms with van der Waals surface area (Å²) in [6.07, 6.45) is 4.45. The van der Waals surface area contributed by atoms with Gasteiger partial charge >= 0.3 is 0 Å². The van der Waals surface area contributed by atoms with Gasteiger partial charge in [-0.05, 0) is 38.3 Å². The Balaban J connectivity index is 1.49.